The Kier molecular flexibility index (Phi) is 3.65. The first-order chi connectivity index (χ1) is 10.9. The van der Waals surface area contributed by atoms with Crippen LogP contribution in [0.3, 0.4) is 0 Å². The second-order valence-electron chi connectivity index (χ2n) is 5.07. The average Bonchev–Trinajstić information content (AvgIpc) is 2.92. The number of rotatable bonds is 3. The lowest BCUT2D eigenvalue weighted by Crippen LogP contribution is -2.13. The van der Waals surface area contributed by atoms with Crippen molar-refractivity contribution < 1.29 is 19.4 Å². The Bertz CT molecular complexity index is 986. The van der Waals surface area contributed by atoms with E-state index in [4.69, 9.17) is 4.42 Å². The van der Waals surface area contributed by atoms with Crippen molar-refractivity contribution in [1.29, 1.82) is 0 Å². The highest BCUT2D eigenvalue weighted by Crippen LogP contribution is 2.30. The second-order valence-corrected chi connectivity index (χ2v) is 5.92. The van der Waals surface area contributed by atoms with Gasteiger partial charge in [-0.2, -0.15) is 0 Å². The minimum absolute atomic E-state index is 0.0302. The summed E-state index contributed by atoms with van der Waals surface area (Å²) in [4.78, 5) is 28.5. The second kappa shape index (κ2) is 5.51. The van der Waals surface area contributed by atoms with Gasteiger partial charge in [-0.1, -0.05) is 6.92 Å². The molecule has 6 nitrogen and oxygen atoms in total. The van der Waals surface area contributed by atoms with Gasteiger partial charge in [-0.15, -0.1) is 11.3 Å². The van der Waals surface area contributed by atoms with Crippen LogP contribution in [-0.2, 0) is 6.42 Å². The van der Waals surface area contributed by atoms with Crippen LogP contribution in [0.15, 0.2) is 26.7 Å². The molecule has 0 spiro atoms. The van der Waals surface area contributed by atoms with Crippen LogP contribution < -0.4 is 5.43 Å². The molecule has 0 unspecified atom stereocenters. The van der Waals surface area contributed by atoms with Crippen LogP contribution in [0, 0.1) is 6.92 Å². The van der Waals surface area contributed by atoms with Crippen molar-refractivity contribution in [2.45, 2.75) is 20.3 Å². The molecule has 0 aliphatic carbocycles. The monoisotopic (exact) mass is 331 g/mol. The number of carboxylic acids is 1. The quantitative estimate of drug-likeness (QED) is 0.764. The first-order valence-corrected chi connectivity index (χ1v) is 7.78. The van der Waals surface area contributed by atoms with Gasteiger partial charge in [0.25, 0.3) is 0 Å². The van der Waals surface area contributed by atoms with Gasteiger partial charge in [0.2, 0.25) is 11.2 Å². The molecule has 0 saturated carbocycles. The highest BCUT2D eigenvalue weighted by molar-refractivity contribution is 7.13. The molecule has 2 N–H and O–H groups in total. The summed E-state index contributed by atoms with van der Waals surface area (Å²) in [5, 5.41) is 21.5. The summed E-state index contributed by atoms with van der Waals surface area (Å²) in [5.41, 5.74) is 0.803. The molecule has 0 radical (unpaired) electrons. The number of aromatic carboxylic acids is 1. The van der Waals surface area contributed by atoms with E-state index in [9.17, 15) is 19.8 Å². The number of phenolic OH excluding ortho intramolecular Hbond substituents is 1. The van der Waals surface area contributed by atoms with Crippen LogP contribution in [0.4, 0.5) is 0 Å². The summed E-state index contributed by atoms with van der Waals surface area (Å²) >= 11 is 1.19. The predicted octanol–water partition coefficient (Wildman–Crippen LogP) is 3.19. The Morgan fingerprint density at radius 1 is 1.39 bits per heavy atom. The van der Waals surface area contributed by atoms with Crippen molar-refractivity contribution in [1.82, 2.24) is 4.98 Å². The number of nitrogens with zero attached hydrogens (tertiary/aromatic N) is 1. The minimum Gasteiger partial charge on any atom is -0.508 e. The van der Waals surface area contributed by atoms with Gasteiger partial charge >= 0.3 is 5.97 Å². The molecule has 2 heterocycles. The Labute approximate surface area is 134 Å². The van der Waals surface area contributed by atoms with Crippen molar-refractivity contribution in [3.8, 4) is 16.3 Å². The number of aromatic nitrogens is 1. The number of carboxylic acid groups (broad SMARTS) is 1. The fourth-order valence-corrected chi connectivity index (χ4v) is 3.21. The fraction of sp³-hybridized carbons (Fsp3) is 0.188. The maximum atomic E-state index is 12.8. The molecule has 2 aromatic heterocycles. The zero-order valence-corrected chi connectivity index (χ0v) is 13.2. The summed E-state index contributed by atoms with van der Waals surface area (Å²) in [6.07, 6.45) is 0.535. The molecule has 1 aromatic carbocycles. The first kappa shape index (κ1) is 15.2. The molecule has 118 valence electrons. The van der Waals surface area contributed by atoms with Crippen molar-refractivity contribution in [3.63, 3.8) is 0 Å². The molecule has 0 bridgehead atoms. The number of fused-ring (bicyclic) bond motifs is 1. The van der Waals surface area contributed by atoms with Gasteiger partial charge in [-0.25, -0.2) is 9.78 Å². The normalized spacial score (nSPS) is 11.0. The number of hydrogen-bond donors (Lipinski definition) is 2. The number of carbonyl (C=O) groups is 1. The zero-order valence-electron chi connectivity index (χ0n) is 12.4. The Morgan fingerprint density at radius 3 is 2.70 bits per heavy atom. The molecule has 0 aliphatic rings. The molecule has 0 saturated heterocycles. The molecule has 0 aliphatic heterocycles. The molecule has 0 fully saturated rings. The van der Waals surface area contributed by atoms with Crippen LogP contribution in [-0.4, -0.2) is 21.2 Å². The van der Waals surface area contributed by atoms with Gasteiger partial charge in [-0.3, -0.25) is 4.79 Å². The zero-order chi connectivity index (χ0) is 16.7. The van der Waals surface area contributed by atoms with E-state index < -0.39 is 17.2 Å². The van der Waals surface area contributed by atoms with E-state index in [-0.39, 0.29) is 22.3 Å². The third kappa shape index (κ3) is 2.49. The van der Waals surface area contributed by atoms with E-state index in [0.29, 0.717) is 22.7 Å². The maximum absolute atomic E-state index is 12.8. The number of phenols is 1. The van der Waals surface area contributed by atoms with E-state index in [1.807, 2.05) is 6.92 Å². The van der Waals surface area contributed by atoms with Gasteiger partial charge < -0.3 is 14.6 Å². The Morgan fingerprint density at radius 2 is 2.13 bits per heavy atom. The van der Waals surface area contributed by atoms with Crippen molar-refractivity contribution in [2.75, 3.05) is 0 Å². The van der Waals surface area contributed by atoms with Gasteiger partial charge in [0, 0.05) is 17.1 Å². The van der Waals surface area contributed by atoms with Crippen LogP contribution >= 0.6 is 11.3 Å². The summed E-state index contributed by atoms with van der Waals surface area (Å²) in [6.45, 7) is 3.61. The number of hydrogen-bond acceptors (Lipinski definition) is 6. The van der Waals surface area contributed by atoms with E-state index >= 15 is 0 Å². The van der Waals surface area contributed by atoms with Gasteiger partial charge in [0.1, 0.15) is 21.9 Å². The highest BCUT2D eigenvalue weighted by atomic mass is 32.1. The van der Waals surface area contributed by atoms with Gasteiger partial charge in [0.15, 0.2) is 0 Å². The number of thiazole rings is 1. The lowest BCUT2D eigenvalue weighted by Gasteiger charge is -2.07. The lowest BCUT2D eigenvalue weighted by molar-refractivity contribution is 0.0664. The van der Waals surface area contributed by atoms with Crippen LogP contribution in [0.2, 0.25) is 0 Å². The standard InChI is InChI=1S/C16H13NO5S/c1-3-8-4-9-11(5-10(8)18)22-14(16(20)21)12(13(9)19)15-17-7(2)6-23-15/h4-6,18H,3H2,1-2H3,(H,20,21). The topological polar surface area (TPSA) is 101 Å². The fourth-order valence-electron chi connectivity index (χ4n) is 2.37. The number of aromatic hydroxyl groups is 1. The van der Waals surface area contributed by atoms with E-state index in [1.165, 1.54) is 23.5 Å². The summed E-state index contributed by atoms with van der Waals surface area (Å²) < 4.78 is 5.39. The number of benzene rings is 1. The SMILES string of the molecule is CCc1cc2c(=O)c(-c3nc(C)cs3)c(C(=O)O)oc2cc1O. The van der Waals surface area contributed by atoms with E-state index in [1.54, 1.807) is 12.3 Å². The van der Waals surface area contributed by atoms with Crippen molar-refractivity contribution in [3.05, 3.63) is 44.8 Å². The number of aryl methyl sites for hydroxylation is 2. The minimum atomic E-state index is -1.36. The summed E-state index contributed by atoms with van der Waals surface area (Å²) in [5.74, 6) is -1.86. The van der Waals surface area contributed by atoms with Crippen LogP contribution in [0.1, 0.15) is 28.7 Å². The highest BCUT2D eigenvalue weighted by Gasteiger charge is 2.24. The summed E-state index contributed by atoms with van der Waals surface area (Å²) in [7, 11) is 0. The van der Waals surface area contributed by atoms with Crippen LogP contribution in [0.5, 0.6) is 5.75 Å². The Hall–Kier alpha value is -2.67. The summed E-state index contributed by atoms with van der Waals surface area (Å²) in [6, 6.07) is 2.81. The molecular weight excluding hydrogens is 318 g/mol. The maximum Gasteiger partial charge on any atom is 0.372 e. The van der Waals surface area contributed by atoms with E-state index in [0.717, 1.165) is 0 Å². The smallest absolute Gasteiger partial charge is 0.372 e. The van der Waals surface area contributed by atoms with E-state index in [2.05, 4.69) is 4.98 Å². The average molecular weight is 331 g/mol. The van der Waals surface area contributed by atoms with Crippen molar-refractivity contribution in [2.24, 2.45) is 0 Å². The van der Waals surface area contributed by atoms with Crippen molar-refractivity contribution >= 4 is 28.3 Å². The van der Waals surface area contributed by atoms with Gasteiger partial charge in [-0.05, 0) is 25.0 Å². The third-order valence-corrected chi connectivity index (χ3v) is 4.48. The molecule has 23 heavy (non-hydrogen) atoms. The molecule has 3 aromatic rings. The first-order valence-electron chi connectivity index (χ1n) is 6.90. The van der Waals surface area contributed by atoms with Gasteiger partial charge in [0.05, 0.1) is 5.39 Å². The molecule has 3 rings (SSSR count). The predicted molar refractivity (Wildman–Crippen MR) is 86.3 cm³/mol. The third-order valence-electron chi connectivity index (χ3n) is 3.50. The largest absolute Gasteiger partial charge is 0.508 e. The molecule has 0 atom stereocenters. The lowest BCUT2D eigenvalue weighted by atomic mass is 10.1. The molecule has 7 heteroatoms. The molecular formula is C16H13NO5S. The van der Waals surface area contributed by atoms with Crippen LogP contribution in [0.25, 0.3) is 21.5 Å². The Balaban J connectivity index is 2.44. The molecule has 0 amide bonds.